The molecule has 0 spiro atoms. The van der Waals surface area contributed by atoms with Crippen LogP contribution in [0.15, 0.2) is 66.7 Å². The molecule has 0 radical (unpaired) electrons. The highest BCUT2D eigenvalue weighted by atomic mass is 35.5. The minimum Gasteiger partial charge on any atom is -0.478 e. The molecule has 1 aliphatic rings. The number of benzene rings is 3. The van der Waals surface area contributed by atoms with E-state index in [0.29, 0.717) is 36.5 Å². The number of alkyl carbamates (subject to hydrolysis) is 1. The zero-order chi connectivity index (χ0) is 36.7. The van der Waals surface area contributed by atoms with E-state index < -0.39 is 23.7 Å². The Labute approximate surface area is 301 Å². The highest BCUT2D eigenvalue weighted by molar-refractivity contribution is 6.28. The first-order valence-corrected chi connectivity index (χ1v) is 17.3. The third-order valence-electron chi connectivity index (χ3n) is 8.83. The number of carbonyl (C=O) groups excluding carboxylic acids is 3. The normalized spacial score (nSPS) is 16.5. The number of carboxylic acid groups (broad SMARTS) is 1. The number of nitrogens with one attached hydrogen (secondary N) is 4. The van der Waals surface area contributed by atoms with Gasteiger partial charge in [0.15, 0.2) is 5.82 Å². The maximum Gasteiger partial charge on any atom is 0.407 e. The lowest BCUT2D eigenvalue weighted by Crippen LogP contribution is -2.48. The van der Waals surface area contributed by atoms with Crippen molar-refractivity contribution in [3.8, 4) is 22.5 Å². The van der Waals surface area contributed by atoms with Gasteiger partial charge in [0, 0.05) is 30.1 Å². The van der Waals surface area contributed by atoms with Gasteiger partial charge in [-0.1, -0.05) is 30.3 Å². The molecule has 1 heterocycles. The fourth-order valence-corrected chi connectivity index (χ4v) is 6.27. The number of aromatic amines is 1. The molecular formula is C38H43ClN6O6. The van der Waals surface area contributed by atoms with Gasteiger partial charge in [-0.2, -0.15) is 10.1 Å². The van der Waals surface area contributed by atoms with Gasteiger partial charge in [-0.3, -0.25) is 9.59 Å². The molecule has 3 aromatic carbocycles. The molecule has 1 atom stereocenters. The van der Waals surface area contributed by atoms with Crippen LogP contribution in [0.3, 0.4) is 0 Å². The molecule has 0 aliphatic heterocycles. The molecule has 4 aromatic rings. The van der Waals surface area contributed by atoms with E-state index >= 15 is 0 Å². The molecule has 0 bridgehead atoms. The van der Waals surface area contributed by atoms with Crippen LogP contribution >= 0.6 is 11.6 Å². The Morgan fingerprint density at radius 1 is 0.961 bits per heavy atom. The van der Waals surface area contributed by atoms with Gasteiger partial charge in [-0.05, 0) is 130 Å². The number of carboxylic acids is 1. The fourth-order valence-electron chi connectivity index (χ4n) is 6.15. The maximum absolute atomic E-state index is 13.7. The molecular weight excluding hydrogens is 672 g/mol. The summed E-state index contributed by atoms with van der Waals surface area (Å²) in [6.45, 7) is 7.80. The molecule has 1 unspecified atom stereocenters. The summed E-state index contributed by atoms with van der Waals surface area (Å²) in [5.41, 5.74) is 4.39. The SMILES string of the molecule is Cc1cc(C(=O)O)ccc1-c1ccc(CC(NC(=O)C2CCC(CNC(=O)OC(C)(C)C)CC2)C(=O)Nc2ccc(-c3n[nH]c(Cl)n3)cc2)cc1. The zero-order valence-electron chi connectivity index (χ0n) is 29.1. The first-order chi connectivity index (χ1) is 24.2. The van der Waals surface area contributed by atoms with Crippen LogP contribution in [-0.4, -0.2) is 62.4 Å². The van der Waals surface area contributed by atoms with Crippen LogP contribution in [0.25, 0.3) is 22.5 Å². The number of H-pyrrole nitrogens is 1. The first-order valence-electron chi connectivity index (χ1n) is 16.9. The van der Waals surface area contributed by atoms with Gasteiger partial charge in [-0.15, -0.1) is 0 Å². The third kappa shape index (κ3) is 10.4. The fraction of sp³-hybridized carbons (Fsp3) is 0.368. The number of hydrogen-bond acceptors (Lipinski definition) is 7. The van der Waals surface area contributed by atoms with E-state index in [4.69, 9.17) is 16.3 Å². The highest BCUT2D eigenvalue weighted by Crippen LogP contribution is 2.29. The molecule has 1 fully saturated rings. The quantitative estimate of drug-likeness (QED) is 0.113. The molecule has 5 N–H and O–H groups in total. The summed E-state index contributed by atoms with van der Waals surface area (Å²) in [6.07, 6.45) is 2.61. The number of nitrogens with zero attached hydrogens (tertiary/aromatic N) is 2. The minimum absolute atomic E-state index is 0.172. The van der Waals surface area contributed by atoms with Crippen molar-refractivity contribution in [3.63, 3.8) is 0 Å². The molecule has 3 amide bonds. The monoisotopic (exact) mass is 714 g/mol. The lowest BCUT2D eigenvalue weighted by molar-refractivity contribution is -0.130. The number of ether oxygens (including phenoxy) is 1. The molecule has 5 rings (SSSR count). The van der Waals surface area contributed by atoms with E-state index in [9.17, 15) is 24.3 Å². The standard InChI is InChI=1S/C38H43ClN6O6/c1-22-19-28(35(48)49)15-18-30(22)25-9-5-23(6-10-25)20-31(34(47)41-29-16-13-26(14-17-29)32-43-36(39)45-44-32)42-33(46)27-11-7-24(8-12-27)21-40-37(50)51-38(2,3)4/h5-6,9-10,13-19,24,27,31H,7-8,11-12,20-21H2,1-4H3,(H,40,50)(H,41,47)(H,42,46)(H,48,49)(H,43,44,45). The second kappa shape index (κ2) is 16.2. The summed E-state index contributed by atoms with van der Waals surface area (Å²) < 4.78 is 5.34. The Kier molecular flexibility index (Phi) is 11.8. The Morgan fingerprint density at radius 3 is 2.22 bits per heavy atom. The molecule has 51 heavy (non-hydrogen) atoms. The third-order valence-corrected chi connectivity index (χ3v) is 9.00. The maximum atomic E-state index is 13.7. The second-order valence-corrected chi connectivity index (χ2v) is 14.3. The number of halogens is 1. The average molecular weight is 715 g/mol. The number of amides is 3. The minimum atomic E-state index is -0.981. The Morgan fingerprint density at radius 2 is 1.63 bits per heavy atom. The highest BCUT2D eigenvalue weighted by Gasteiger charge is 2.30. The Balaban J connectivity index is 1.25. The molecule has 1 aromatic heterocycles. The number of anilines is 1. The van der Waals surface area contributed by atoms with Gasteiger partial charge >= 0.3 is 12.1 Å². The number of aryl methyl sites for hydroxylation is 1. The van der Waals surface area contributed by atoms with E-state index in [0.717, 1.165) is 35.1 Å². The molecule has 1 aliphatic carbocycles. The predicted molar refractivity (Wildman–Crippen MR) is 194 cm³/mol. The number of rotatable bonds is 11. The summed E-state index contributed by atoms with van der Waals surface area (Å²) in [5.74, 6) is -1.13. The van der Waals surface area contributed by atoms with Crippen LogP contribution in [0.1, 0.15) is 67.9 Å². The van der Waals surface area contributed by atoms with Gasteiger partial charge in [0.25, 0.3) is 0 Å². The van der Waals surface area contributed by atoms with E-state index in [1.807, 2.05) is 52.0 Å². The number of hydrogen-bond donors (Lipinski definition) is 5. The summed E-state index contributed by atoms with van der Waals surface area (Å²) >= 11 is 5.86. The van der Waals surface area contributed by atoms with Crippen molar-refractivity contribution < 1.29 is 29.0 Å². The topological polar surface area (TPSA) is 175 Å². The lowest BCUT2D eigenvalue weighted by Gasteiger charge is -2.29. The van der Waals surface area contributed by atoms with Crippen LogP contribution in [0.5, 0.6) is 0 Å². The second-order valence-electron chi connectivity index (χ2n) is 13.9. The van der Waals surface area contributed by atoms with Gasteiger partial charge in [0.05, 0.1) is 5.56 Å². The summed E-state index contributed by atoms with van der Waals surface area (Å²) in [7, 11) is 0. The summed E-state index contributed by atoms with van der Waals surface area (Å²) in [6, 6.07) is 18.8. The van der Waals surface area contributed by atoms with Crippen LogP contribution in [-0.2, 0) is 20.7 Å². The largest absolute Gasteiger partial charge is 0.478 e. The molecule has 13 heteroatoms. The number of aromatic carboxylic acids is 1. The predicted octanol–water partition coefficient (Wildman–Crippen LogP) is 6.80. The smallest absolute Gasteiger partial charge is 0.407 e. The van der Waals surface area contributed by atoms with Gasteiger partial charge < -0.3 is 25.8 Å². The van der Waals surface area contributed by atoms with Crippen molar-refractivity contribution in [2.24, 2.45) is 11.8 Å². The van der Waals surface area contributed by atoms with Crippen molar-refractivity contribution in [1.29, 1.82) is 0 Å². The van der Waals surface area contributed by atoms with E-state index in [1.165, 1.54) is 0 Å². The first kappa shape index (κ1) is 37.0. The Hall–Kier alpha value is -5.23. The van der Waals surface area contributed by atoms with Crippen molar-refractivity contribution in [2.45, 2.75) is 71.4 Å². The molecule has 12 nitrogen and oxygen atoms in total. The van der Waals surface area contributed by atoms with E-state index in [1.54, 1.807) is 42.5 Å². The molecule has 0 saturated heterocycles. The van der Waals surface area contributed by atoms with Crippen molar-refractivity contribution >= 4 is 41.2 Å². The number of aromatic nitrogens is 3. The summed E-state index contributed by atoms with van der Waals surface area (Å²) in [5, 5.41) is 24.9. The van der Waals surface area contributed by atoms with Crippen molar-refractivity contribution in [3.05, 3.63) is 88.7 Å². The van der Waals surface area contributed by atoms with E-state index in [-0.39, 0.29) is 40.9 Å². The van der Waals surface area contributed by atoms with Crippen LogP contribution in [0.4, 0.5) is 10.5 Å². The van der Waals surface area contributed by atoms with E-state index in [2.05, 4.69) is 31.1 Å². The van der Waals surface area contributed by atoms with Gasteiger partial charge in [0.1, 0.15) is 11.6 Å². The van der Waals surface area contributed by atoms with Crippen molar-refractivity contribution in [1.82, 2.24) is 25.8 Å². The average Bonchev–Trinajstić information content (AvgIpc) is 3.53. The Bertz CT molecular complexity index is 1860. The number of carbonyl (C=O) groups is 4. The van der Waals surface area contributed by atoms with Gasteiger partial charge in [-0.25, -0.2) is 14.7 Å². The van der Waals surface area contributed by atoms with Gasteiger partial charge in [0.2, 0.25) is 17.1 Å². The van der Waals surface area contributed by atoms with Crippen LogP contribution < -0.4 is 16.0 Å². The van der Waals surface area contributed by atoms with Crippen LogP contribution in [0.2, 0.25) is 5.28 Å². The molecule has 268 valence electrons. The zero-order valence-corrected chi connectivity index (χ0v) is 29.8. The lowest BCUT2D eigenvalue weighted by atomic mass is 9.81. The summed E-state index contributed by atoms with van der Waals surface area (Å²) in [4.78, 5) is 54.9. The van der Waals surface area contributed by atoms with Crippen molar-refractivity contribution in [2.75, 3.05) is 11.9 Å². The van der Waals surface area contributed by atoms with Crippen LogP contribution in [0, 0.1) is 18.8 Å². The molecule has 1 saturated carbocycles.